The first-order valence-electron chi connectivity index (χ1n) is 24.7. The number of ether oxygens (including phenoxy) is 3. The van der Waals surface area contributed by atoms with Gasteiger partial charge in [0.1, 0.15) is 0 Å². The summed E-state index contributed by atoms with van der Waals surface area (Å²) in [7, 11) is 0. The standard InChI is InChI=1S/C48H93O6PS3/c1-4-7-10-13-16-19-22-25-28-31-34-37-40-52-46(49)43-56-55(57-44-47(50)53-41-38-35-32-29-26-23-20-17-14-11-8-5-2)58-45-48(51)54-42-39-36-33-30-27-24-21-18-15-12-9-6-3/h4-45H2,1-3H3. The number of rotatable bonds is 48. The van der Waals surface area contributed by atoms with Crippen LogP contribution >= 0.6 is 39.7 Å². The summed E-state index contributed by atoms with van der Waals surface area (Å²) >= 11 is 4.48. The highest BCUT2D eigenvalue weighted by Crippen LogP contribution is 2.70. The van der Waals surface area contributed by atoms with E-state index in [4.69, 9.17) is 14.2 Å². The molecular weight excluding hydrogens is 800 g/mol. The summed E-state index contributed by atoms with van der Waals surface area (Å²) in [6.07, 6.45) is 45.9. The third-order valence-corrected chi connectivity index (χ3v) is 21.1. The molecule has 0 aliphatic heterocycles. The maximum Gasteiger partial charge on any atom is 0.316 e. The Hall–Kier alpha value is -0.110. The number of unbranched alkanes of at least 4 members (excludes halogenated alkanes) is 33. The third kappa shape index (κ3) is 46.9. The van der Waals surface area contributed by atoms with Crippen molar-refractivity contribution in [2.24, 2.45) is 0 Å². The molecule has 0 N–H and O–H groups in total. The van der Waals surface area contributed by atoms with Crippen molar-refractivity contribution in [3.63, 3.8) is 0 Å². The fourth-order valence-corrected chi connectivity index (χ4v) is 15.5. The minimum atomic E-state index is -0.921. The van der Waals surface area contributed by atoms with E-state index >= 15 is 0 Å². The van der Waals surface area contributed by atoms with Crippen LogP contribution in [0, 0.1) is 0 Å². The minimum Gasteiger partial charge on any atom is -0.465 e. The first-order valence-corrected chi connectivity index (χ1v) is 30.8. The molecule has 0 aliphatic rings. The Balaban J connectivity index is 4.30. The molecule has 0 aromatic rings. The second kappa shape index (κ2) is 49.5. The average molecular weight is 893 g/mol. The van der Waals surface area contributed by atoms with Crippen molar-refractivity contribution in [1.29, 1.82) is 0 Å². The first-order chi connectivity index (χ1) is 28.5. The van der Waals surface area contributed by atoms with Crippen molar-refractivity contribution in [1.82, 2.24) is 0 Å². The van der Waals surface area contributed by atoms with Crippen molar-refractivity contribution in [3.8, 4) is 0 Å². The number of carbonyl (C=O) groups is 3. The lowest BCUT2D eigenvalue weighted by atomic mass is 10.1. The smallest absolute Gasteiger partial charge is 0.316 e. The lowest BCUT2D eigenvalue weighted by molar-refractivity contribution is -0.141. The van der Waals surface area contributed by atoms with E-state index in [1.807, 2.05) is 0 Å². The van der Waals surface area contributed by atoms with Gasteiger partial charge in [-0.05, 0) is 19.3 Å². The van der Waals surface area contributed by atoms with Gasteiger partial charge >= 0.3 is 17.9 Å². The van der Waals surface area contributed by atoms with E-state index in [1.54, 1.807) is 0 Å². The molecule has 0 heterocycles. The van der Waals surface area contributed by atoms with Gasteiger partial charge in [-0.3, -0.25) is 14.4 Å². The Morgan fingerprint density at radius 2 is 0.466 bits per heavy atom. The van der Waals surface area contributed by atoms with Gasteiger partial charge in [0.2, 0.25) is 0 Å². The van der Waals surface area contributed by atoms with E-state index in [-0.39, 0.29) is 35.2 Å². The summed E-state index contributed by atoms with van der Waals surface area (Å²) in [5.41, 5.74) is -0.921. The molecule has 344 valence electrons. The molecule has 0 saturated heterocycles. The van der Waals surface area contributed by atoms with E-state index in [1.165, 1.54) is 227 Å². The van der Waals surface area contributed by atoms with Gasteiger partial charge in [0, 0.05) is 0 Å². The van der Waals surface area contributed by atoms with Gasteiger partial charge < -0.3 is 14.2 Å². The Morgan fingerprint density at radius 3 is 0.655 bits per heavy atom. The summed E-state index contributed by atoms with van der Waals surface area (Å²) in [6.45, 7) is 8.19. The molecular formula is C48H93O6PS3. The number of hydrogen-bond donors (Lipinski definition) is 0. The monoisotopic (exact) mass is 893 g/mol. The maximum absolute atomic E-state index is 12.6. The fraction of sp³-hybridized carbons (Fsp3) is 0.938. The molecule has 0 radical (unpaired) electrons. The second-order valence-electron chi connectivity index (χ2n) is 16.4. The van der Waals surface area contributed by atoms with Crippen LogP contribution in [0.3, 0.4) is 0 Å². The molecule has 0 aromatic heterocycles. The fourth-order valence-electron chi connectivity index (χ4n) is 6.94. The molecule has 0 unspecified atom stereocenters. The number of hydrogen-bond acceptors (Lipinski definition) is 9. The van der Waals surface area contributed by atoms with Crippen LogP contribution in [-0.4, -0.2) is 55.0 Å². The molecule has 0 fully saturated rings. The number of carbonyl (C=O) groups excluding carboxylic acids is 3. The van der Waals surface area contributed by atoms with Crippen LogP contribution in [0.25, 0.3) is 0 Å². The minimum absolute atomic E-state index is 0.217. The van der Waals surface area contributed by atoms with Crippen molar-refractivity contribution in [2.75, 3.05) is 37.1 Å². The topological polar surface area (TPSA) is 78.9 Å². The summed E-state index contributed by atoms with van der Waals surface area (Å²) in [5, 5.41) is 0. The zero-order valence-corrected chi connectivity index (χ0v) is 41.7. The molecule has 0 aromatic carbocycles. The molecule has 0 aliphatic carbocycles. The highest BCUT2D eigenvalue weighted by Gasteiger charge is 2.19. The van der Waals surface area contributed by atoms with Crippen molar-refractivity contribution < 1.29 is 28.6 Å². The van der Waals surface area contributed by atoms with Gasteiger partial charge in [-0.15, -0.1) is 34.1 Å². The van der Waals surface area contributed by atoms with Gasteiger partial charge in [-0.25, -0.2) is 0 Å². The Labute approximate surface area is 373 Å². The average Bonchev–Trinajstić information content (AvgIpc) is 3.22. The summed E-state index contributed by atoms with van der Waals surface area (Å²) in [6, 6.07) is 0. The largest absolute Gasteiger partial charge is 0.465 e. The Morgan fingerprint density at radius 1 is 0.293 bits per heavy atom. The molecule has 0 bridgehead atoms. The van der Waals surface area contributed by atoms with Crippen LogP contribution in [0.2, 0.25) is 0 Å². The molecule has 0 saturated carbocycles. The van der Waals surface area contributed by atoms with E-state index in [9.17, 15) is 14.4 Å². The predicted octanol–water partition coefficient (Wildman–Crippen LogP) is 17.1. The van der Waals surface area contributed by atoms with Crippen LogP contribution in [0.1, 0.15) is 252 Å². The normalized spacial score (nSPS) is 11.4. The van der Waals surface area contributed by atoms with Crippen LogP contribution in [-0.2, 0) is 28.6 Å². The molecule has 10 heteroatoms. The second-order valence-corrected chi connectivity index (χ2v) is 26.2. The van der Waals surface area contributed by atoms with E-state index in [0.717, 1.165) is 38.5 Å². The van der Waals surface area contributed by atoms with Gasteiger partial charge in [-0.1, -0.05) is 233 Å². The highest BCUT2D eigenvalue weighted by atomic mass is 33.4. The predicted molar refractivity (Wildman–Crippen MR) is 260 cm³/mol. The van der Waals surface area contributed by atoms with E-state index in [0.29, 0.717) is 19.8 Å². The molecule has 0 atom stereocenters. The Kier molecular flexibility index (Phi) is 49.5. The quantitative estimate of drug-likeness (QED) is 0.0257. The van der Waals surface area contributed by atoms with E-state index in [2.05, 4.69) is 20.8 Å². The van der Waals surface area contributed by atoms with Crippen LogP contribution in [0.15, 0.2) is 0 Å². The van der Waals surface area contributed by atoms with Crippen LogP contribution in [0.5, 0.6) is 0 Å². The molecule has 0 rings (SSSR count). The first kappa shape index (κ1) is 57.9. The van der Waals surface area contributed by atoms with Gasteiger partial charge in [-0.2, -0.15) is 0 Å². The molecule has 0 spiro atoms. The molecule has 58 heavy (non-hydrogen) atoms. The molecule has 0 amide bonds. The summed E-state index contributed by atoms with van der Waals surface area (Å²) in [5.74, 6) is 0.0335. The lowest BCUT2D eigenvalue weighted by Crippen LogP contribution is -2.10. The van der Waals surface area contributed by atoms with Gasteiger partial charge in [0.15, 0.2) is 0 Å². The van der Waals surface area contributed by atoms with E-state index < -0.39 is 5.53 Å². The summed E-state index contributed by atoms with van der Waals surface area (Å²) in [4.78, 5) is 37.8. The highest BCUT2D eigenvalue weighted by molar-refractivity contribution is 9.12. The zero-order chi connectivity index (χ0) is 42.3. The number of esters is 3. The van der Waals surface area contributed by atoms with Crippen LogP contribution < -0.4 is 0 Å². The maximum atomic E-state index is 12.6. The zero-order valence-electron chi connectivity index (χ0n) is 38.3. The van der Waals surface area contributed by atoms with Crippen molar-refractivity contribution in [3.05, 3.63) is 0 Å². The third-order valence-electron chi connectivity index (χ3n) is 10.6. The summed E-state index contributed by atoms with van der Waals surface area (Å²) < 4.78 is 16.6. The van der Waals surface area contributed by atoms with Gasteiger partial charge in [0.25, 0.3) is 0 Å². The van der Waals surface area contributed by atoms with Crippen molar-refractivity contribution in [2.45, 2.75) is 252 Å². The molecule has 6 nitrogen and oxygen atoms in total. The Bertz CT molecular complexity index is 773. The lowest BCUT2D eigenvalue weighted by Gasteiger charge is -2.15. The van der Waals surface area contributed by atoms with Crippen LogP contribution in [0.4, 0.5) is 0 Å². The van der Waals surface area contributed by atoms with Crippen molar-refractivity contribution >= 4 is 57.6 Å². The SMILES string of the molecule is CCCCCCCCCCCCCCOC(=O)CSP(SCC(=O)OCCCCCCCCCCCCCC)SCC(=O)OCCCCCCCCCCCCCC. The van der Waals surface area contributed by atoms with Gasteiger partial charge in [0.05, 0.1) is 42.6 Å².